The Balaban J connectivity index is 1.57. The molecular weight excluding hydrogens is 430 g/mol. The lowest BCUT2D eigenvalue weighted by Gasteiger charge is -2.04. The Bertz CT molecular complexity index is 995. The molecule has 3 aromatic rings. The minimum atomic E-state index is -0.220. The molecule has 0 saturated carbocycles. The topological polar surface area (TPSA) is 90.0 Å². The van der Waals surface area contributed by atoms with E-state index in [-0.39, 0.29) is 11.7 Å². The van der Waals surface area contributed by atoms with Crippen molar-refractivity contribution in [3.05, 3.63) is 46.2 Å². The molecule has 0 spiro atoms. The molecule has 0 atom stereocenters. The molecular formula is C17H18BrN7OS. The van der Waals surface area contributed by atoms with Crippen molar-refractivity contribution < 1.29 is 4.79 Å². The van der Waals surface area contributed by atoms with Crippen molar-refractivity contribution in [3.63, 3.8) is 0 Å². The highest BCUT2D eigenvalue weighted by molar-refractivity contribution is 9.10. The second-order valence-corrected chi connectivity index (χ2v) is 7.65. The van der Waals surface area contributed by atoms with Gasteiger partial charge in [-0.15, -0.1) is 10.2 Å². The van der Waals surface area contributed by atoms with Crippen molar-refractivity contribution in [2.75, 3.05) is 5.75 Å². The highest BCUT2D eigenvalue weighted by atomic mass is 79.9. The van der Waals surface area contributed by atoms with Crippen LogP contribution >= 0.6 is 27.7 Å². The fourth-order valence-corrected chi connectivity index (χ4v) is 3.51. The molecule has 8 nitrogen and oxygen atoms in total. The molecule has 0 aliphatic heterocycles. The van der Waals surface area contributed by atoms with Crippen LogP contribution in [0.5, 0.6) is 0 Å². The van der Waals surface area contributed by atoms with Gasteiger partial charge in [-0.2, -0.15) is 10.2 Å². The van der Waals surface area contributed by atoms with E-state index in [1.165, 1.54) is 11.8 Å². The maximum atomic E-state index is 12.0. The van der Waals surface area contributed by atoms with Crippen molar-refractivity contribution >= 4 is 39.8 Å². The van der Waals surface area contributed by atoms with Crippen LogP contribution in [-0.2, 0) is 18.9 Å². The van der Waals surface area contributed by atoms with Gasteiger partial charge in [0, 0.05) is 24.1 Å². The second kappa shape index (κ2) is 8.49. The number of amides is 1. The third-order valence-corrected chi connectivity index (χ3v) is 5.19. The fraction of sp³-hybridized carbons (Fsp3) is 0.235. The first-order valence-corrected chi connectivity index (χ1v) is 9.82. The predicted molar refractivity (Wildman–Crippen MR) is 109 cm³/mol. The Hall–Kier alpha value is -2.46. The van der Waals surface area contributed by atoms with E-state index in [1.54, 1.807) is 10.9 Å². The van der Waals surface area contributed by atoms with Crippen LogP contribution in [0.15, 0.2) is 45.1 Å². The number of benzene rings is 1. The zero-order chi connectivity index (χ0) is 19.4. The van der Waals surface area contributed by atoms with Gasteiger partial charge in [0.1, 0.15) is 0 Å². The van der Waals surface area contributed by atoms with Gasteiger partial charge < -0.3 is 4.57 Å². The first-order chi connectivity index (χ1) is 12.9. The van der Waals surface area contributed by atoms with E-state index in [2.05, 4.69) is 41.8 Å². The lowest BCUT2D eigenvalue weighted by molar-refractivity contribution is -0.118. The lowest BCUT2D eigenvalue weighted by atomic mass is 10.2. The number of hydrogen-bond acceptors (Lipinski definition) is 6. The molecule has 3 rings (SSSR count). The highest BCUT2D eigenvalue weighted by Crippen LogP contribution is 2.24. The summed E-state index contributed by atoms with van der Waals surface area (Å²) >= 11 is 4.76. The summed E-state index contributed by atoms with van der Waals surface area (Å²) in [5.74, 6) is 0.706. The number of aryl methyl sites for hydroxylation is 2. The van der Waals surface area contributed by atoms with E-state index in [0.717, 1.165) is 27.2 Å². The molecule has 10 heteroatoms. The Morgan fingerprint density at radius 3 is 2.85 bits per heavy atom. The van der Waals surface area contributed by atoms with Crippen LogP contribution in [0, 0.1) is 6.92 Å². The molecule has 1 amide bonds. The lowest BCUT2D eigenvalue weighted by Crippen LogP contribution is -2.20. The van der Waals surface area contributed by atoms with Gasteiger partial charge in [-0.1, -0.05) is 39.8 Å². The summed E-state index contributed by atoms with van der Waals surface area (Å²) in [5.41, 5.74) is 5.16. The first-order valence-electron chi connectivity index (χ1n) is 8.04. The molecule has 27 heavy (non-hydrogen) atoms. The molecule has 0 bridgehead atoms. The molecule has 2 aromatic heterocycles. The number of hydrazone groups is 1. The molecule has 140 valence electrons. The number of carbonyl (C=O) groups is 1. The number of halogens is 1. The molecule has 0 aliphatic rings. The van der Waals surface area contributed by atoms with Gasteiger partial charge in [0.2, 0.25) is 0 Å². The predicted octanol–water partition coefficient (Wildman–Crippen LogP) is 2.53. The van der Waals surface area contributed by atoms with Gasteiger partial charge >= 0.3 is 0 Å². The van der Waals surface area contributed by atoms with E-state index in [1.807, 2.05) is 55.9 Å². The molecule has 1 aromatic carbocycles. The monoisotopic (exact) mass is 447 g/mol. The SMILES string of the molecule is Cc1cc(C=NNC(=O)CSc2nnc(-c3cccc(Br)c3)n2C)n(C)n1. The molecule has 1 N–H and O–H groups in total. The maximum absolute atomic E-state index is 12.0. The molecule has 0 unspecified atom stereocenters. The van der Waals surface area contributed by atoms with Crippen LogP contribution in [0.2, 0.25) is 0 Å². The maximum Gasteiger partial charge on any atom is 0.250 e. The zero-order valence-corrected chi connectivity index (χ0v) is 17.5. The average Bonchev–Trinajstić information content (AvgIpc) is 3.14. The number of carbonyl (C=O) groups excluding carboxylic acids is 1. The van der Waals surface area contributed by atoms with Crippen LogP contribution in [0.4, 0.5) is 0 Å². The van der Waals surface area contributed by atoms with E-state index in [4.69, 9.17) is 0 Å². The third-order valence-electron chi connectivity index (χ3n) is 3.67. The Morgan fingerprint density at radius 1 is 1.33 bits per heavy atom. The van der Waals surface area contributed by atoms with Gasteiger partial charge in [-0.05, 0) is 25.1 Å². The highest BCUT2D eigenvalue weighted by Gasteiger charge is 2.13. The van der Waals surface area contributed by atoms with E-state index in [9.17, 15) is 4.79 Å². The number of nitrogens with zero attached hydrogens (tertiary/aromatic N) is 6. The van der Waals surface area contributed by atoms with Crippen molar-refractivity contribution in [2.24, 2.45) is 19.2 Å². The minimum Gasteiger partial charge on any atom is -0.305 e. The van der Waals surface area contributed by atoms with Gasteiger partial charge in [0.15, 0.2) is 11.0 Å². The first kappa shape index (κ1) is 19.3. The number of rotatable bonds is 6. The second-order valence-electron chi connectivity index (χ2n) is 5.79. The largest absolute Gasteiger partial charge is 0.305 e. The number of thioether (sulfide) groups is 1. The molecule has 0 saturated heterocycles. The standard InChI is InChI=1S/C17H18BrN7OS/c1-11-7-14(25(3)23-11)9-19-20-15(26)10-27-17-22-21-16(24(17)2)12-5-4-6-13(18)8-12/h4-9H,10H2,1-3H3,(H,20,26). The summed E-state index contributed by atoms with van der Waals surface area (Å²) in [7, 11) is 3.70. The Morgan fingerprint density at radius 2 is 2.15 bits per heavy atom. The van der Waals surface area contributed by atoms with Gasteiger partial charge in [-0.3, -0.25) is 9.48 Å². The van der Waals surface area contributed by atoms with Gasteiger partial charge in [-0.25, -0.2) is 5.43 Å². The Kier molecular flexibility index (Phi) is 6.07. The fourth-order valence-electron chi connectivity index (χ4n) is 2.40. The summed E-state index contributed by atoms with van der Waals surface area (Å²) in [6.45, 7) is 1.90. The van der Waals surface area contributed by atoms with E-state index < -0.39 is 0 Å². The summed E-state index contributed by atoms with van der Waals surface area (Å²) < 4.78 is 4.53. The quantitative estimate of drug-likeness (QED) is 0.356. The Labute approximate surface area is 169 Å². The number of nitrogens with one attached hydrogen (secondary N) is 1. The van der Waals surface area contributed by atoms with Gasteiger partial charge in [0.25, 0.3) is 5.91 Å². The molecule has 2 heterocycles. The third kappa shape index (κ3) is 4.83. The van der Waals surface area contributed by atoms with Crippen LogP contribution in [0.1, 0.15) is 11.4 Å². The minimum absolute atomic E-state index is 0.187. The summed E-state index contributed by atoms with van der Waals surface area (Å²) in [6.07, 6.45) is 1.57. The normalized spacial score (nSPS) is 11.3. The molecule has 0 radical (unpaired) electrons. The van der Waals surface area contributed by atoms with E-state index >= 15 is 0 Å². The van der Waals surface area contributed by atoms with Crippen molar-refractivity contribution in [2.45, 2.75) is 12.1 Å². The summed E-state index contributed by atoms with van der Waals surface area (Å²) in [5, 5.41) is 17.2. The molecule has 0 aliphatic carbocycles. The summed E-state index contributed by atoms with van der Waals surface area (Å²) in [6, 6.07) is 9.71. The van der Waals surface area contributed by atoms with Crippen molar-refractivity contribution in [1.29, 1.82) is 0 Å². The number of hydrogen-bond donors (Lipinski definition) is 1. The van der Waals surface area contributed by atoms with Crippen LogP contribution < -0.4 is 5.43 Å². The zero-order valence-electron chi connectivity index (χ0n) is 15.0. The van der Waals surface area contributed by atoms with E-state index in [0.29, 0.717) is 5.16 Å². The van der Waals surface area contributed by atoms with Crippen molar-refractivity contribution in [3.8, 4) is 11.4 Å². The van der Waals surface area contributed by atoms with Crippen LogP contribution in [-0.4, -0.2) is 42.4 Å². The van der Waals surface area contributed by atoms with Gasteiger partial charge in [0.05, 0.1) is 23.4 Å². The van der Waals surface area contributed by atoms with Crippen molar-refractivity contribution in [1.82, 2.24) is 30.0 Å². The summed E-state index contributed by atoms with van der Waals surface area (Å²) in [4.78, 5) is 12.0. The van der Waals surface area contributed by atoms with Crippen LogP contribution in [0.3, 0.4) is 0 Å². The van der Waals surface area contributed by atoms with Crippen LogP contribution in [0.25, 0.3) is 11.4 Å². The smallest absolute Gasteiger partial charge is 0.250 e. The average molecular weight is 448 g/mol. The molecule has 0 fully saturated rings. The number of aromatic nitrogens is 5.